The van der Waals surface area contributed by atoms with Gasteiger partial charge >= 0.3 is 0 Å². The van der Waals surface area contributed by atoms with E-state index < -0.39 is 6.43 Å². The quantitative estimate of drug-likeness (QED) is 0.484. The molecule has 3 aromatic rings. The Morgan fingerprint density at radius 1 is 0.792 bits per heavy atom. The van der Waals surface area contributed by atoms with Crippen LogP contribution in [-0.4, -0.2) is 5.71 Å². The number of hydrogen-bond acceptors (Lipinski definition) is 1. The van der Waals surface area contributed by atoms with Crippen LogP contribution in [0.3, 0.4) is 0 Å². The van der Waals surface area contributed by atoms with Crippen molar-refractivity contribution < 1.29 is 8.78 Å². The molecule has 3 aromatic carbocycles. The molecule has 0 heterocycles. The standard InChI is InChI=1S/C20H14ClF2N/c21-17-12-11-16(20(22)23)13-18(17)24-19(14-7-3-1-4-8-14)15-9-5-2-6-10-15/h1-13,20H. The van der Waals surface area contributed by atoms with Crippen molar-refractivity contribution in [3.63, 3.8) is 0 Å². The lowest BCUT2D eigenvalue weighted by Gasteiger charge is -2.09. The van der Waals surface area contributed by atoms with Crippen molar-refractivity contribution in [2.45, 2.75) is 6.43 Å². The van der Waals surface area contributed by atoms with E-state index in [1.54, 1.807) is 0 Å². The molecule has 0 radical (unpaired) electrons. The molecular formula is C20H14ClF2N. The number of aliphatic imine (C=N–C) groups is 1. The van der Waals surface area contributed by atoms with E-state index in [9.17, 15) is 8.78 Å². The van der Waals surface area contributed by atoms with Crippen LogP contribution in [0, 0.1) is 0 Å². The van der Waals surface area contributed by atoms with Gasteiger partial charge in [-0.3, -0.25) is 0 Å². The summed E-state index contributed by atoms with van der Waals surface area (Å²) in [6, 6.07) is 23.3. The maximum atomic E-state index is 13.0. The van der Waals surface area contributed by atoms with Gasteiger partial charge in [-0.1, -0.05) is 78.3 Å². The third-order valence-corrected chi connectivity index (χ3v) is 3.87. The summed E-state index contributed by atoms with van der Waals surface area (Å²) in [4.78, 5) is 4.59. The molecule has 0 aliphatic heterocycles. The van der Waals surface area contributed by atoms with E-state index in [0.717, 1.165) is 11.1 Å². The molecule has 1 nitrogen and oxygen atoms in total. The highest BCUT2D eigenvalue weighted by molar-refractivity contribution is 6.33. The van der Waals surface area contributed by atoms with Crippen molar-refractivity contribution in [1.29, 1.82) is 0 Å². The summed E-state index contributed by atoms with van der Waals surface area (Å²) in [6.45, 7) is 0. The van der Waals surface area contributed by atoms with Crippen LogP contribution in [0.2, 0.25) is 5.02 Å². The summed E-state index contributed by atoms with van der Waals surface area (Å²) in [6.07, 6.45) is -2.56. The lowest BCUT2D eigenvalue weighted by molar-refractivity contribution is 0.151. The minimum Gasteiger partial charge on any atom is -0.246 e. The average Bonchev–Trinajstić information content (AvgIpc) is 2.62. The van der Waals surface area contributed by atoms with E-state index >= 15 is 0 Å². The fourth-order valence-corrected chi connectivity index (χ4v) is 2.52. The highest BCUT2D eigenvalue weighted by Gasteiger charge is 2.12. The van der Waals surface area contributed by atoms with Gasteiger partial charge in [0.1, 0.15) is 0 Å². The number of rotatable bonds is 4. The molecule has 0 fully saturated rings. The van der Waals surface area contributed by atoms with Crippen molar-refractivity contribution in [3.8, 4) is 0 Å². The average molecular weight is 342 g/mol. The van der Waals surface area contributed by atoms with Gasteiger partial charge in [0.05, 0.1) is 16.4 Å². The minimum atomic E-state index is -2.56. The van der Waals surface area contributed by atoms with Gasteiger partial charge in [-0.05, 0) is 12.1 Å². The van der Waals surface area contributed by atoms with E-state index in [1.165, 1.54) is 18.2 Å². The smallest absolute Gasteiger partial charge is 0.246 e. The first kappa shape index (κ1) is 16.3. The van der Waals surface area contributed by atoms with Crippen molar-refractivity contribution in [1.82, 2.24) is 0 Å². The SMILES string of the molecule is FC(F)c1ccc(Cl)c(N=C(c2ccccc2)c2ccccc2)c1. The Labute approximate surface area is 144 Å². The maximum Gasteiger partial charge on any atom is 0.263 e. The van der Waals surface area contributed by atoms with Crippen LogP contribution in [0.4, 0.5) is 14.5 Å². The molecule has 0 aromatic heterocycles. The zero-order valence-corrected chi connectivity index (χ0v) is 13.4. The summed E-state index contributed by atoms with van der Waals surface area (Å²) in [5.41, 5.74) is 2.70. The van der Waals surface area contributed by atoms with E-state index in [0.29, 0.717) is 16.4 Å². The second kappa shape index (κ2) is 7.37. The molecule has 3 rings (SSSR count). The topological polar surface area (TPSA) is 12.4 Å². The maximum absolute atomic E-state index is 13.0. The lowest BCUT2D eigenvalue weighted by atomic mass is 10.0. The highest BCUT2D eigenvalue weighted by Crippen LogP contribution is 2.31. The first-order valence-corrected chi connectivity index (χ1v) is 7.80. The first-order valence-electron chi connectivity index (χ1n) is 7.42. The third kappa shape index (κ3) is 3.69. The van der Waals surface area contributed by atoms with Gasteiger partial charge in [-0.2, -0.15) is 0 Å². The van der Waals surface area contributed by atoms with Crippen LogP contribution in [0.25, 0.3) is 0 Å². The molecule has 0 amide bonds. The number of benzene rings is 3. The molecule has 4 heteroatoms. The van der Waals surface area contributed by atoms with Crippen LogP contribution in [0.1, 0.15) is 23.1 Å². The van der Waals surface area contributed by atoms with E-state index in [2.05, 4.69) is 4.99 Å². The van der Waals surface area contributed by atoms with Crippen molar-refractivity contribution in [2.24, 2.45) is 4.99 Å². The fraction of sp³-hybridized carbons (Fsp3) is 0.0500. The highest BCUT2D eigenvalue weighted by atomic mass is 35.5. The monoisotopic (exact) mass is 341 g/mol. The van der Waals surface area contributed by atoms with Crippen molar-refractivity contribution in [2.75, 3.05) is 0 Å². The summed E-state index contributed by atoms with van der Waals surface area (Å²) in [5, 5.41) is 0.337. The van der Waals surface area contributed by atoms with Crippen LogP contribution >= 0.6 is 11.6 Å². The zero-order chi connectivity index (χ0) is 16.9. The van der Waals surface area contributed by atoms with Crippen LogP contribution in [-0.2, 0) is 0 Å². The minimum absolute atomic E-state index is 0.0985. The van der Waals surface area contributed by atoms with Gasteiger partial charge in [0, 0.05) is 16.7 Å². The predicted octanol–water partition coefficient (Wildman–Crippen LogP) is 6.45. The number of halogens is 3. The van der Waals surface area contributed by atoms with Crippen molar-refractivity contribution in [3.05, 3.63) is 101 Å². The van der Waals surface area contributed by atoms with Crippen LogP contribution in [0.5, 0.6) is 0 Å². The molecular weight excluding hydrogens is 328 g/mol. The van der Waals surface area contributed by atoms with E-state index in [4.69, 9.17) is 11.6 Å². The Bertz CT molecular complexity index is 805. The first-order chi connectivity index (χ1) is 11.6. The Balaban J connectivity index is 2.16. The molecule has 120 valence electrons. The van der Waals surface area contributed by atoms with Crippen LogP contribution in [0.15, 0.2) is 83.9 Å². The second-order valence-electron chi connectivity index (χ2n) is 5.20. The molecule has 0 bridgehead atoms. The van der Waals surface area contributed by atoms with Gasteiger partial charge in [-0.15, -0.1) is 0 Å². The van der Waals surface area contributed by atoms with Gasteiger partial charge in [0.25, 0.3) is 6.43 Å². The molecule has 0 N–H and O–H groups in total. The van der Waals surface area contributed by atoms with E-state index in [1.807, 2.05) is 60.7 Å². The second-order valence-corrected chi connectivity index (χ2v) is 5.61. The number of hydrogen-bond donors (Lipinski definition) is 0. The lowest BCUT2D eigenvalue weighted by Crippen LogP contribution is -2.02. The van der Waals surface area contributed by atoms with E-state index in [-0.39, 0.29) is 5.56 Å². The summed E-state index contributed by atoms with van der Waals surface area (Å²) >= 11 is 6.17. The number of nitrogens with zero attached hydrogens (tertiary/aromatic N) is 1. The van der Waals surface area contributed by atoms with Crippen molar-refractivity contribution >= 4 is 23.0 Å². The Morgan fingerprint density at radius 3 is 1.83 bits per heavy atom. The molecule has 0 saturated carbocycles. The molecule has 0 spiro atoms. The molecule has 0 unspecified atom stereocenters. The van der Waals surface area contributed by atoms with Gasteiger partial charge < -0.3 is 0 Å². The third-order valence-electron chi connectivity index (χ3n) is 3.55. The Morgan fingerprint density at radius 2 is 1.33 bits per heavy atom. The molecule has 0 atom stereocenters. The number of alkyl halides is 2. The largest absolute Gasteiger partial charge is 0.263 e. The molecule has 24 heavy (non-hydrogen) atoms. The molecule has 0 saturated heterocycles. The zero-order valence-electron chi connectivity index (χ0n) is 12.7. The summed E-state index contributed by atoms with van der Waals surface area (Å²) < 4.78 is 25.9. The summed E-state index contributed by atoms with van der Waals surface area (Å²) in [7, 11) is 0. The van der Waals surface area contributed by atoms with Gasteiger partial charge in [0.2, 0.25) is 0 Å². The van der Waals surface area contributed by atoms with Crippen LogP contribution < -0.4 is 0 Å². The van der Waals surface area contributed by atoms with Gasteiger partial charge in [-0.25, -0.2) is 13.8 Å². The molecule has 0 aliphatic rings. The van der Waals surface area contributed by atoms with Gasteiger partial charge in [0.15, 0.2) is 0 Å². The Hall–Kier alpha value is -2.52. The Kier molecular flexibility index (Phi) is 5.02. The normalized spacial score (nSPS) is 10.7. The fourth-order valence-electron chi connectivity index (χ4n) is 2.36. The summed E-state index contributed by atoms with van der Waals surface area (Å²) in [5.74, 6) is 0. The molecule has 0 aliphatic carbocycles. The predicted molar refractivity (Wildman–Crippen MR) is 94.6 cm³/mol.